The highest BCUT2D eigenvalue weighted by Gasteiger charge is 2.59. The lowest BCUT2D eigenvalue weighted by Crippen LogP contribution is -2.51. The first-order valence-electron chi connectivity index (χ1n) is 30.1. The SMILES string of the molecule is COc1ccc(C(OC[C@@H]2C[C@@H](OC(=O)OC3CC[C@@]4(C)C(=CCC5C4CC[C@@]4(C)C5CC[C@@H]4[C@H](C)CCCC(C)C)C3)[C@H](n3cnc4c(NC(=O)OCCc5ccc([N+](=O)[O-])cc5)ncnc43)O2)(c2ccccc2)c2ccccc2)cc1. The van der Waals surface area contributed by atoms with Crippen LogP contribution in [-0.2, 0) is 35.7 Å². The molecule has 1 N–H and O–H groups in total. The molecule has 1 amide bonds. The Labute approximate surface area is 487 Å². The Bertz CT molecular complexity index is 3210. The number of allylic oxidation sites excluding steroid dienone is 1. The molecular weight excluding hydrogens is 1050 g/mol. The van der Waals surface area contributed by atoms with E-state index in [1.54, 1.807) is 23.8 Å². The number of amides is 1. The van der Waals surface area contributed by atoms with Gasteiger partial charge in [0.25, 0.3) is 5.69 Å². The van der Waals surface area contributed by atoms with Crippen molar-refractivity contribution in [1.82, 2.24) is 19.5 Å². The van der Waals surface area contributed by atoms with E-state index in [0.29, 0.717) is 41.5 Å². The third-order valence-corrected chi connectivity index (χ3v) is 19.9. The number of hydrogen-bond donors (Lipinski definition) is 1. The Morgan fingerprint density at radius 3 is 2.27 bits per heavy atom. The molecule has 4 unspecified atom stereocenters. The zero-order chi connectivity index (χ0) is 57.9. The summed E-state index contributed by atoms with van der Waals surface area (Å²) in [6.45, 7) is 12.5. The maximum atomic E-state index is 14.4. The summed E-state index contributed by atoms with van der Waals surface area (Å²) >= 11 is 0. The van der Waals surface area contributed by atoms with Crippen LogP contribution in [0.25, 0.3) is 11.2 Å². The van der Waals surface area contributed by atoms with Crippen LogP contribution in [0.1, 0.15) is 140 Å². The first-order chi connectivity index (χ1) is 40.2. The number of nitrogens with zero attached hydrogens (tertiary/aromatic N) is 5. The fourth-order valence-electron chi connectivity index (χ4n) is 15.7. The number of fused-ring (bicyclic) bond motifs is 6. The minimum absolute atomic E-state index is 0.00649. The summed E-state index contributed by atoms with van der Waals surface area (Å²) < 4.78 is 39.7. The van der Waals surface area contributed by atoms with Crippen molar-refractivity contribution in [2.45, 2.75) is 148 Å². The van der Waals surface area contributed by atoms with E-state index in [1.807, 2.05) is 60.7 Å². The molecule has 0 spiro atoms. The summed E-state index contributed by atoms with van der Waals surface area (Å²) in [6, 6.07) is 34.1. The molecule has 4 aliphatic carbocycles. The first kappa shape index (κ1) is 57.6. The van der Waals surface area contributed by atoms with E-state index in [4.69, 9.17) is 28.4 Å². The van der Waals surface area contributed by atoms with Crippen molar-refractivity contribution in [2.24, 2.45) is 46.3 Å². The van der Waals surface area contributed by atoms with Crippen LogP contribution in [0.5, 0.6) is 5.75 Å². The molecule has 83 heavy (non-hydrogen) atoms. The molecule has 3 heterocycles. The van der Waals surface area contributed by atoms with E-state index in [-0.39, 0.29) is 48.2 Å². The maximum absolute atomic E-state index is 14.4. The summed E-state index contributed by atoms with van der Waals surface area (Å²) in [4.78, 5) is 51.8. The third kappa shape index (κ3) is 11.7. The molecule has 5 aliphatic rings. The smallest absolute Gasteiger partial charge is 0.497 e. The van der Waals surface area contributed by atoms with Gasteiger partial charge in [0.15, 0.2) is 29.3 Å². The lowest BCUT2D eigenvalue weighted by atomic mass is 9.47. The number of rotatable bonds is 20. The van der Waals surface area contributed by atoms with Gasteiger partial charge in [-0.25, -0.2) is 24.5 Å². The van der Waals surface area contributed by atoms with Crippen LogP contribution in [0.15, 0.2) is 133 Å². The van der Waals surface area contributed by atoms with Crippen molar-refractivity contribution in [3.05, 3.63) is 166 Å². The van der Waals surface area contributed by atoms with Gasteiger partial charge < -0.3 is 28.4 Å². The Morgan fingerprint density at radius 1 is 0.843 bits per heavy atom. The number of ether oxygens (including phenoxy) is 6. The van der Waals surface area contributed by atoms with E-state index >= 15 is 0 Å². The number of anilines is 1. The van der Waals surface area contributed by atoms with Gasteiger partial charge in [0.1, 0.15) is 23.8 Å². The monoisotopic (exact) mass is 1130 g/mol. The van der Waals surface area contributed by atoms with Crippen LogP contribution in [0.2, 0.25) is 0 Å². The number of aromatic nitrogens is 4. The molecule has 0 radical (unpaired) electrons. The number of nitro groups is 1. The molecule has 2 aromatic heterocycles. The molecule has 11 rings (SSSR count). The van der Waals surface area contributed by atoms with Crippen LogP contribution in [0.3, 0.4) is 0 Å². The summed E-state index contributed by atoms with van der Waals surface area (Å²) in [6.07, 6.45) is 14.5. The van der Waals surface area contributed by atoms with E-state index in [1.165, 1.54) is 75.3 Å². The Hall–Kier alpha value is -7.17. The molecule has 0 bridgehead atoms. The molecule has 1 aliphatic heterocycles. The molecule has 438 valence electrons. The van der Waals surface area contributed by atoms with Crippen molar-refractivity contribution < 1.29 is 42.9 Å². The van der Waals surface area contributed by atoms with Gasteiger partial charge in [-0.15, -0.1) is 0 Å². The average Bonchev–Trinajstić information content (AvgIpc) is 3.39. The predicted molar refractivity (Wildman–Crippen MR) is 316 cm³/mol. The lowest BCUT2D eigenvalue weighted by Gasteiger charge is -2.58. The van der Waals surface area contributed by atoms with Crippen LogP contribution >= 0.6 is 0 Å². The fraction of sp³-hybridized carbons (Fsp3) is 0.507. The van der Waals surface area contributed by atoms with Gasteiger partial charge in [0.2, 0.25) is 0 Å². The van der Waals surface area contributed by atoms with E-state index in [0.717, 1.165) is 65.2 Å². The van der Waals surface area contributed by atoms with E-state index in [9.17, 15) is 19.7 Å². The fourth-order valence-corrected chi connectivity index (χ4v) is 15.7. The van der Waals surface area contributed by atoms with Crippen molar-refractivity contribution in [1.29, 1.82) is 0 Å². The number of carbonyl (C=O) groups excluding carboxylic acids is 2. The molecule has 6 aromatic rings. The van der Waals surface area contributed by atoms with Crippen LogP contribution in [-0.4, -0.2) is 75.3 Å². The van der Waals surface area contributed by atoms with Crippen molar-refractivity contribution >= 4 is 34.9 Å². The number of non-ortho nitro benzene ring substituents is 1. The van der Waals surface area contributed by atoms with Gasteiger partial charge in [-0.1, -0.05) is 150 Å². The van der Waals surface area contributed by atoms with Gasteiger partial charge in [-0.2, -0.15) is 0 Å². The second-order valence-electron chi connectivity index (χ2n) is 25.0. The summed E-state index contributed by atoms with van der Waals surface area (Å²) in [5.41, 5.74) is 4.83. The number of hydrogen-bond acceptors (Lipinski definition) is 13. The summed E-state index contributed by atoms with van der Waals surface area (Å²) in [5.74, 6) is 5.24. The van der Waals surface area contributed by atoms with Gasteiger partial charge >= 0.3 is 12.2 Å². The normalized spacial score (nSPS) is 27.0. The zero-order valence-corrected chi connectivity index (χ0v) is 48.8. The number of benzene rings is 4. The first-order valence-corrected chi connectivity index (χ1v) is 30.1. The Kier molecular flexibility index (Phi) is 17.1. The molecule has 4 fully saturated rings. The van der Waals surface area contributed by atoms with Gasteiger partial charge in [-0.3, -0.25) is 20.0 Å². The molecule has 11 atom stereocenters. The quantitative estimate of drug-likeness (QED) is 0.0250. The maximum Gasteiger partial charge on any atom is 0.508 e. The lowest BCUT2D eigenvalue weighted by molar-refractivity contribution is -0.384. The van der Waals surface area contributed by atoms with Crippen molar-refractivity contribution in [3.63, 3.8) is 0 Å². The molecular formula is C67H80N6O10. The Morgan fingerprint density at radius 2 is 1.57 bits per heavy atom. The highest BCUT2D eigenvalue weighted by Crippen LogP contribution is 2.67. The molecule has 4 aromatic carbocycles. The van der Waals surface area contributed by atoms with Crippen molar-refractivity contribution in [2.75, 3.05) is 25.6 Å². The average molecular weight is 1130 g/mol. The largest absolute Gasteiger partial charge is 0.508 e. The van der Waals surface area contributed by atoms with Crippen molar-refractivity contribution in [3.8, 4) is 5.75 Å². The number of imidazole rings is 1. The predicted octanol–water partition coefficient (Wildman–Crippen LogP) is 14.8. The summed E-state index contributed by atoms with van der Waals surface area (Å²) in [5, 5.41) is 13.8. The van der Waals surface area contributed by atoms with E-state index in [2.05, 4.69) is 85.2 Å². The minimum atomic E-state index is -1.09. The topological polar surface area (TPSA) is 188 Å². The number of methoxy groups -OCH3 is 1. The second kappa shape index (κ2) is 24.6. The molecule has 3 saturated carbocycles. The van der Waals surface area contributed by atoms with Gasteiger partial charge in [-0.05, 0) is 126 Å². The summed E-state index contributed by atoms with van der Waals surface area (Å²) in [7, 11) is 1.64. The number of carbonyl (C=O) groups is 2. The molecule has 16 heteroatoms. The molecule has 16 nitrogen and oxygen atoms in total. The van der Waals surface area contributed by atoms with E-state index < -0.39 is 41.2 Å². The standard InChI is InChI=1S/C67H80N6O10/c1-43(2)14-13-15-44(3)55-30-31-56-54-29-24-49-38-52(32-35-65(49,4)57(54)33-36-66(55,56)5)82-64(75)83-58-39-53(40-80-67(46-16-9-7-10-17-46,47-18-11-8-12-19-47)48-22-27-51(78-6)28-23-48)81-62(58)72-42-70-59-60(68-41-69-61(59)72)71-63(74)79-37-34-45-20-25-50(26-21-45)73(76)77/h7-12,16-28,41-44,52-58,62H,13-15,29-40H2,1-6H3,(H,68,69,71,74)/t44-,52?,53+,54?,55-,56?,57?,58-,62-,65+,66-/m1/s1. The van der Waals surface area contributed by atoms with Crippen LogP contribution in [0, 0.1) is 56.5 Å². The Balaban J connectivity index is 0.816. The van der Waals surface area contributed by atoms with Gasteiger partial charge in [0, 0.05) is 31.4 Å². The third-order valence-electron chi connectivity index (χ3n) is 19.9. The number of nitrogens with one attached hydrogen (secondary N) is 1. The highest BCUT2D eigenvalue weighted by molar-refractivity contribution is 5.93. The molecule has 1 saturated heterocycles. The second-order valence-corrected chi connectivity index (χ2v) is 25.0. The van der Waals surface area contributed by atoms with Crippen LogP contribution < -0.4 is 10.1 Å². The number of nitro benzene ring substituents is 1. The highest BCUT2D eigenvalue weighted by atomic mass is 16.7. The van der Waals surface area contributed by atoms with Crippen LogP contribution in [0.4, 0.5) is 21.1 Å². The van der Waals surface area contributed by atoms with Gasteiger partial charge in [0.05, 0.1) is 37.7 Å². The minimum Gasteiger partial charge on any atom is -0.497 e. The zero-order valence-electron chi connectivity index (χ0n) is 48.8.